The van der Waals surface area contributed by atoms with E-state index in [1.165, 1.54) is 10.4 Å². The summed E-state index contributed by atoms with van der Waals surface area (Å²) < 4.78 is 7.62. The fraction of sp³-hybridized carbons (Fsp3) is 0.389. The molecule has 3 heterocycles. The minimum Gasteiger partial charge on any atom is -0.458 e. The van der Waals surface area contributed by atoms with E-state index < -0.39 is 12.2 Å². The number of benzene rings is 1. The van der Waals surface area contributed by atoms with Crippen molar-refractivity contribution in [2.75, 3.05) is 33.2 Å². The van der Waals surface area contributed by atoms with E-state index in [-0.39, 0.29) is 5.57 Å². The monoisotopic (exact) mass is 453 g/mol. The van der Waals surface area contributed by atoms with Gasteiger partial charge in [-0.05, 0) is 29.1 Å². The Morgan fingerprint density at radius 2 is 2.11 bits per heavy atom. The number of hydroxylamine groups is 1. The lowest BCUT2D eigenvalue weighted by molar-refractivity contribution is -0.128. The van der Waals surface area contributed by atoms with Crippen LogP contribution in [0.3, 0.4) is 0 Å². The van der Waals surface area contributed by atoms with Crippen molar-refractivity contribution in [2.45, 2.75) is 12.8 Å². The van der Waals surface area contributed by atoms with E-state index >= 15 is 0 Å². The molecule has 1 aromatic heterocycles. The molecule has 3 N–H and O–H groups in total. The maximum absolute atomic E-state index is 11.7. The number of rotatable bonds is 3. The van der Waals surface area contributed by atoms with E-state index in [9.17, 15) is 9.90 Å². The zero-order valence-electron chi connectivity index (χ0n) is 14.7. The summed E-state index contributed by atoms with van der Waals surface area (Å²) >= 11 is 5.36. The van der Waals surface area contributed by atoms with Crippen LogP contribution in [0.1, 0.15) is 10.4 Å². The summed E-state index contributed by atoms with van der Waals surface area (Å²) in [6.45, 7) is 5.06. The minimum atomic E-state index is -1.42. The Labute approximate surface area is 168 Å². The number of halogens is 1. The molecule has 2 aliphatic rings. The van der Waals surface area contributed by atoms with E-state index in [2.05, 4.69) is 32.8 Å². The van der Waals surface area contributed by atoms with E-state index in [0.717, 1.165) is 47.3 Å². The van der Waals surface area contributed by atoms with Gasteiger partial charge in [0, 0.05) is 53.0 Å². The van der Waals surface area contributed by atoms with Crippen LogP contribution >= 0.6 is 27.3 Å². The number of carbonyl (C=O) groups is 1. The van der Waals surface area contributed by atoms with Gasteiger partial charge in [-0.1, -0.05) is 12.1 Å². The summed E-state index contributed by atoms with van der Waals surface area (Å²) in [5.74, 6) is -0.221. The highest BCUT2D eigenvalue weighted by molar-refractivity contribution is 9.10. The number of nitrogens with zero attached hydrogens (tertiary/aromatic N) is 2. The average molecular weight is 454 g/mol. The number of piperazine rings is 1. The highest BCUT2D eigenvalue weighted by atomic mass is 79.9. The van der Waals surface area contributed by atoms with Crippen LogP contribution in [-0.2, 0) is 11.3 Å². The van der Waals surface area contributed by atoms with Crippen LogP contribution in [0.4, 0.5) is 0 Å². The Morgan fingerprint density at radius 3 is 2.81 bits per heavy atom. The van der Waals surface area contributed by atoms with Gasteiger partial charge in [0.15, 0.2) is 0 Å². The van der Waals surface area contributed by atoms with Crippen molar-refractivity contribution >= 4 is 49.3 Å². The van der Waals surface area contributed by atoms with Crippen LogP contribution in [0.2, 0.25) is 0 Å². The predicted molar refractivity (Wildman–Crippen MR) is 107 cm³/mol. The van der Waals surface area contributed by atoms with Gasteiger partial charge >= 0.3 is 0 Å². The fourth-order valence-corrected chi connectivity index (χ4v) is 5.43. The third-order valence-corrected chi connectivity index (χ3v) is 7.34. The maximum atomic E-state index is 11.7. The molecule has 0 radical (unpaired) electrons. The van der Waals surface area contributed by atoms with Crippen molar-refractivity contribution in [3.05, 3.63) is 32.6 Å². The molecule has 1 aromatic carbocycles. The van der Waals surface area contributed by atoms with Gasteiger partial charge in [0.1, 0.15) is 5.75 Å². The molecule has 9 heteroatoms. The van der Waals surface area contributed by atoms with E-state index in [1.807, 2.05) is 12.1 Å². The predicted octanol–water partition coefficient (Wildman–Crippen LogP) is 2.01. The molecule has 1 fully saturated rings. The molecule has 7 nitrogen and oxygen atoms in total. The standard InChI is InChI=1S/C18H20BrN3O4S/c1-21-4-6-22(7-5-21)9-13-14(19)11-3-2-10-8-12(17(23)20-25)18(24)26-15(10)16(11)27-13/h2-3,8,18,24-25H,4-7,9H2,1H3,(H,20,23). The van der Waals surface area contributed by atoms with Gasteiger partial charge in [-0.15, -0.1) is 11.3 Å². The number of thiophene rings is 1. The maximum Gasteiger partial charge on any atom is 0.276 e. The summed E-state index contributed by atoms with van der Waals surface area (Å²) in [4.78, 5) is 17.6. The second kappa shape index (κ2) is 7.50. The van der Waals surface area contributed by atoms with Crippen LogP contribution in [0.25, 0.3) is 16.2 Å². The molecule has 0 bridgehead atoms. The van der Waals surface area contributed by atoms with Gasteiger partial charge < -0.3 is 14.7 Å². The van der Waals surface area contributed by atoms with Crippen molar-refractivity contribution < 1.29 is 19.8 Å². The van der Waals surface area contributed by atoms with Gasteiger partial charge in [-0.25, -0.2) is 5.48 Å². The summed E-state index contributed by atoms with van der Waals surface area (Å²) in [5.41, 5.74) is 2.20. The Morgan fingerprint density at radius 1 is 1.37 bits per heavy atom. The van der Waals surface area contributed by atoms with Crippen molar-refractivity contribution in [1.82, 2.24) is 15.3 Å². The Kier molecular flexibility index (Phi) is 5.23. The van der Waals surface area contributed by atoms with E-state index in [1.54, 1.807) is 17.4 Å². The third-order valence-electron chi connectivity index (χ3n) is 4.98. The molecule has 2 aliphatic heterocycles. The SMILES string of the molecule is CN1CCN(Cc2sc3c4c(ccc3c2Br)C=C(C(=O)NO)C(O)O4)CC1. The topological polar surface area (TPSA) is 85.3 Å². The molecular weight excluding hydrogens is 434 g/mol. The highest BCUT2D eigenvalue weighted by Gasteiger charge is 2.28. The quantitative estimate of drug-likeness (QED) is 0.486. The first-order valence-corrected chi connectivity index (χ1v) is 10.2. The normalized spacial score (nSPS) is 20.9. The molecule has 4 rings (SSSR count). The molecule has 1 unspecified atom stereocenters. The van der Waals surface area contributed by atoms with Gasteiger partial charge in [0.25, 0.3) is 5.91 Å². The fourth-order valence-electron chi connectivity index (χ4n) is 3.37. The zero-order valence-corrected chi connectivity index (χ0v) is 17.1. The van der Waals surface area contributed by atoms with Crippen LogP contribution in [-0.4, -0.2) is 65.5 Å². The largest absolute Gasteiger partial charge is 0.458 e. The van der Waals surface area contributed by atoms with Gasteiger partial charge in [-0.3, -0.25) is 14.9 Å². The lowest BCUT2D eigenvalue weighted by Gasteiger charge is -2.32. The smallest absolute Gasteiger partial charge is 0.276 e. The molecule has 1 atom stereocenters. The number of nitrogens with one attached hydrogen (secondary N) is 1. The second-order valence-electron chi connectivity index (χ2n) is 6.79. The number of fused-ring (bicyclic) bond motifs is 3. The van der Waals surface area contributed by atoms with Crippen LogP contribution in [0.5, 0.6) is 5.75 Å². The molecule has 1 amide bonds. The average Bonchev–Trinajstić information content (AvgIpc) is 2.98. The number of aliphatic hydroxyl groups excluding tert-OH is 1. The zero-order chi connectivity index (χ0) is 19.1. The summed E-state index contributed by atoms with van der Waals surface area (Å²) in [5, 5.41) is 20.0. The van der Waals surface area contributed by atoms with E-state index in [0.29, 0.717) is 11.3 Å². The first-order chi connectivity index (χ1) is 13.0. The number of aliphatic hydroxyl groups is 1. The molecule has 0 spiro atoms. The van der Waals surface area contributed by atoms with Crippen LogP contribution in [0, 0.1) is 0 Å². The minimum absolute atomic E-state index is 0.0300. The summed E-state index contributed by atoms with van der Waals surface area (Å²) in [6.07, 6.45) is 0.125. The summed E-state index contributed by atoms with van der Waals surface area (Å²) in [7, 11) is 2.14. The number of hydrogen-bond donors (Lipinski definition) is 3. The number of amides is 1. The lowest BCUT2D eigenvalue weighted by atomic mass is 10.0. The second-order valence-corrected chi connectivity index (χ2v) is 8.69. The Balaban J connectivity index is 1.69. The molecule has 0 aliphatic carbocycles. The van der Waals surface area contributed by atoms with Crippen molar-refractivity contribution in [3.8, 4) is 5.75 Å². The first kappa shape index (κ1) is 18.9. The molecule has 144 valence electrons. The molecule has 1 saturated heterocycles. The third kappa shape index (κ3) is 3.51. The number of likely N-dealkylation sites (N-methyl/N-ethyl adjacent to an activating group) is 1. The van der Waals surface area contributed by atoms with E-state index in [4.69, 9.17) is 9.94 Å². The first-order valence-electron chi connectivity index (χ1n) is 8.63. The van der Waals surface area contributed by atoms with Crippen LogP contribution < -0.4 is 10.2 Å². The van der Waals surface area contributed by atoms with Gasteiger partial charge in [-0.2, -0.15) is 0 Å². The molecule has 27 heavy (non-hydrogen) atoms. The van der Waals surface area contributed by atoms with Crippen LogP contribution in [0.15, 0.2) is 22.2 Å². The summed E-state index contributed by atoms with van der Waals surface area (Å²) in [6, 6.07) is 3.83. The molecule has 2 aromatic rings. The Hall–Kier alpha value is -1.49. The lowest BCUT2D eigenvalue weighted by Crippen LogP contribution is -2.43. The number of hydrogen-bond acceptors (Lipinski definition) is 7. The number of carbonyl (C=O) groups excluding carboxylic acids is 1. The van der Waals surface area contributed by atoms with Crippen molar-refractivity contribution in [3.63, 3.8) is 0 Å². The van der Waals surface area contributed by atoms with Crippen molar-refractivity contribution in [1.29, 1.82) is 0 Å². The Bertz CT molecular complexity index is 921. The van der Waals surface area contributed by atoms with Crippen molar-refractivity contribution in [2.24, 2.45) is 0 Å². The van der Waals surface area contributed by atoms with Gasteiger partial charge in [0.05, 0.1) is 10.3 Å². The highest BCUT2D eigenvalue weighted by Crippen LogP contribution is 2.45. The number of ether oxygens (including phenoxy) is 1. The molecular formula is C18H20BrN3O4S. The van der Waals surface area contributed by atoms with Gasteiger partial charge in [0.2, 0.25) is 6.29 Å². The molecule has 0 saturated carbocycles.